The molecular weight excluding hydrogens is 328 g/mol. The summed E-state index contributed by atoms with van der Waals surface area (Å²) >= 11 is 0. The fourth-order valence-corrected chi connectivity index (χ4v) is 3.76. The Morgan fingerprint density at radius 3 is 2.43 bits per heavy atom. The molecule has 2 rings (SSSR count). The molecule has 0 saturated heterocycles. The number of ether oxygens (including phenoxy) is 1. The van der Waals surface area contributed by atoms with E-state index in [1.165, 1.54) is 16.8 Å². The van der Waals surface area contributed by atoms with Gasteiger partial charge in [0.25, 0.3) is 10.0 Å². The molecule has 1 heterocycles. The van der Waals surface area contributed by atoms with Crippen molar-refractivity contribution in [3.8, 4) is 5.75 Å². The van der Waals surface area contributed by atoms with Gasteiger partial charge in [0.2, 0.25) is 0 Å². The van der Waals surface area contributed by atoms with Crippen LogP contribution in [0.3, 0.4) is 0 Å². The minimum atomic E-state index is -3.98. The van der Waals surface area contributed by atoms with Crippen LogP contribution < -0.4 is 9.46 Å². The maximum absolute atomic E-state index is 12.6. The zero-order valence-electron chi connectivity index (χ0n) is 13.1. The summed E-state index contributed by atoms with van der Waals surface area (Å²) in [5, 5.41) is 4.05. The van der Waals surface area contributed by atoms with Gasteiger partial charge in [-0.2, -0.15) is 13.9 Å². The summed E-state index contributed by atoms with van der Waals surface area (Å²) < 4.78 is 58.3. The van der Waals surface area contributed by atoms with Crippen LogP contribution in [-0.4, -0.2) is 24.8 Å². The Bertz CT molecular complexity index is 832. The Labute approximate surface area is 133 Å². The first kappa shape index (κ1) is 17.2. The van der Waals surface area contributed by atoms with Gasteiger partial charge < -0.3 is 4.74 Å². The lowest BCUT2D eigenvalue weighted by Crippen LogP contribution is -2.16. The third-order valence-corrected chi connectivity index (χ3v) is 4.93. The molecule has 1 N–H and O–H groups in total. The van der Waals surface area contributed by atoms with Gasteiger partial charge in [0.1, 0.15) is 10.6 Å². The number of hydrogen-bond acceptors (Lipinski definition) is 4. The molecule has 1 aromatic carbocycles. The SMILES string of the molecule is Cc1ccc(NS(=O)(=O)c2c(C)nn(C)c2C)c(OC(F)F)c1. The summed E-state index contributed by atoms with van der Waals surface area (Å²) in [4.78, 5) is 0.0172. The van der Waals surface area contributed by atoms with Crippen molar-refractivity contribution < 1.29 is 21.9 Å². The van der Waals surface area contributed by atoms with Crippen molar-refractivity contribution in [1.29, 1.82) is 0 Å². The summed E-state index contributed by atoms with van der Waals surface area (Å²) in [6.07, 6.45) is 0. The zero-order valence-corrected chi connectivity index (χ0v) is 13.9. The zero-order chi connectivity index (χ0) is 17.4. The number of aryl methyl sites for hydroxylation is 3. The number of hydrogen-bond donors (Lipinski definition) is 1. The lowest BCUT2D eigenvalue weighted by Gasteiger charge is -2.14. The van der Waals surface area contributed by atoms with Crippen molar-refractivity contribution >= 4 is 15.7 Å². The van der Waals surface area contributed by atoms with Gasteiger partial charge in [-0.25, -0.2) is 8.42 Å². The topological polar surface area (TPSA) is 73.2 Å². The molecule has 0 aliphatic carbocycles. The van der Waals surface area contributed by atoms with Crippen LogP contribution in [0, 0.1) is 20.8 Å². The summed E-state index contributed by atoms with van der Waals surface area (Å²) in [6.45, 7) is 1.81. The molecule has 0 spiro atoms. The van der Waals surface area contributed by atoms with Crippen LogP contribution >= 0.6 is 0 Å². The lowest BCUT2D eigenvalue weighted by molar-refractivity contribution is -0.0493. The van der Waals surface area contributed by atoms with Crippen molar-refractivity contribution in [2.45, 2.75) is 32.3 Å². The molecule has 6 nitrogen and oxygen atoms in total. The van der Waals surface area contributed by atoms with Crippen molar-refractivity contribution in [1.82, 2.24) is 9.78 Å². The van der Waals surface area contributed by atoms with Gasteiger partial charge in [0, 0.05) is 7.05 Å². The number of nitrogens with one attached hydrogen (secondary N) is 1. The van der Waals surface area contributed by atoms with E-state index < -0.39 is 16.6 Å². The Hall–Kier alpha value is -2.16. The normalized spacial score (nSPS) is 11.8. The van der Waals surface area contributed by atoms with E-state index >= 15 is 0 Å². The van der Waals surface area contributed by atoms with E-state index in [0.717, 1.165) is 0 Å². The smallest absolute Gasteiger partial charge is 0.387 e. The monoisotopic (exact) mass is 345 g/mol. The lowest BCUT2D eigenvalue weighted by atomic mass is 10.2. The van der Waals surface area contributed by atoms with Crippen LogP contribution in [0.1, 0.15) is 17.0 Å². The number of rotatable bonds is 5. The fraction of sp³-hybridized carbons (Fsp3) is 0.357. The van der Waals surface area contributed by atoms with Crippen molar-refractivity contribution in [3.63, 3.8) is 0 Å². The maximum atomic E-state index is 12.6. The van der Waals surface area contributed by atoms with Gasteiger partial charge in [-0.05, 0) is 38.5 Å². The van der Waals surface area contributed by atoms with Crippen LogP contribution in [0.5, 0.6) is 5.75 Å². The molecule has 0 atom stereocenters. The van der Waals surface area contributed by atoms with Gasteiger partial charge in [-0.1, -0.05) is 6.07 Å². The predicted octanol–water partition coefficient (Wildman–Crippen LogP) is 2.75. The second kappa shape index (κ2) is 6.15. The van der Waals surface area contributed by atoms with Gasteiger partial charge in [-0.3, -0.25) is 9.40 Å². The molecule has 9 heteroatoms. The number of benzene rings is 1. The number of alkyl halides is 2. The molecule has 126 valence electrons. The second-order valence-electron chi connectivity index (χ2n) is 5.11. The Morgan fingerprint density at radius 2 is 1.91 bits per heavy atom. The molecule has 23 heavy (non-hydrogen) atoms. The van der Waals surface area contributed by atoms with E-state index in [0.29, 0.717) is 17.0 Å². The number of anilines is 1. The number of aromatic nitrogens is 2. The summed E-state index contributed by atoms with van der Waals surface area (Å²) in [6, 6.07) is 4.32. The van der Waals surface area contributed by atoms with Crippen molar-refractivity contribution in [2.24, 2.45) is 7.05 Å². The molecule has 2 aromatic rings. The van der Waals surface area contributed by atoms with Crippen LogP contribution in [-0.2, 0) is 17.1 Å². The third-order valence-electron chi connectivity index (χ3n) is 3.31. The number of nitrogens with zero attached hydrogens (tertiary/aromatic N) is 2. The van der Waals surface area contributed by atoms with E-state index in [1.54, 1.807) is 33.9 Å². The largest absolute Gasteiger partial charge is 0.433 e. The molecule has 0 aliphatic heterocycles. The highest BCUT2D eigenvalue weighted by Crippen LogP contribution is 2.30. The minimum absolute atomic E-state index is 0.0172. The highest BCUT2D eigenvalue weighted by molar-refractivity contribution is 7.92. The molecule has 1 aromatic heterocycles. The standard InChI is InChI=1S/C14H17F2N3O3S/c1-8-5-6-11(12(7-8)22-14(15)16)18-23(20,21)13-9(2)17-19(4)10(13)3/h5-7,14,18H,1-4H3. The van der Waals surface area contributed by atoms with Gasteiger partial charge in [-0.15, -0.1) is 0 Å². The molecule has 0 amide bonds. The molecule has 0 radical (unpaired) electrons. The molecule has 0 saturated carbocycles. The average Bonchev–Trinajstić information content (AvgIpc) is 2.66. The third kappa shape index (κ3) is 3.61. The number of sulfonamides is 1. The first-order valence-corrected chi connectivity index (χ1v) is 8.18. The Balaban J connectivity index is 2.45. The van der Waals surface area contributed by atoms with E-state index in [1.807, 2.05) is 0 Å². The van der Waals surface area contributed by atoms with E-state index in [-0.39, 0.29) is 16.3 Å². The molecule has 0 aliphatic rings. The van der Waals surface area contributed by atoms with E-state index in [4.69, 9.17) is 0 Å². The first-order chi connectivity index (χ1) is 10.6. The Morgan fingerprint density at radius 1 is 1.26 bits per heavy atom. The molecule has 0 bridgehead atoms. The summed E-state index contributed by atoms with van der Waals surface area (Å²) in [5.74, 6) is -0.234. The average molecular weight is 345 g/mol. The number of halogens is 2. The molecular formula is C14H17F2N3O3S. The van der Waals surface area contributed by atoms with Crippen LogP contribution in [0.2, 0.25) is 0 Å². The first-order valence-electron chi connectivity index (χ1n) is 6.70. The van der Waals surface area contributed by atoms with Gasteiger partial charge in [0.05, 0.1) is 17.1 Å². The fourth-order valence-electron chi connectivity index (χ4n) is 2.25. The summed E-state index contributed by atoms with van der Waals surface area (Å²) in [7, 11) is -2.36. The van der Waals surface area contributed by atoms with Crippen molar-refractivity contribution in [3.05, 3.63) is 35.2 Å². The minimum Gasteiger partial charge on any atom is -0.433 e. The van der Waals surface area contributed by atoms with Crippen LogP contribution in [0.15, 0.2) is 23.1 Å². The Kier molecular flexibility index (Phi) is 4.60. The predicted molar refractivity (Wildman–Crippen MR) is 81.3 cm³/mol. The summed E-state index contributed by atoms with van der Waals surface area (Å²) in [5.41, 5.74) is 1.37. The highest BCUT2D eigenvalue weighted by atomic mass is 32.2. The van der Waals surface area contributed by atoms with Gasteiger partial charge in [0.15, 0.2) is 0 Å². The van der Waals surface area contributed by atoms with Crippen molar-refractivity contribution in [2.75, 3.05) is 4.72 Å². The molecule has 0 fully saturated rings. The second-order valence-corrected chi connectivity index (χ2v) is 6.73. The van der Waals surface area contributed by atoms with E-state index in [2.05, 4.69) is 14.6 Å². The van der Waals surface area contributed by atoms with E-state index in [9.17, 15) is 17.2 Å². The van der Waals surface area contributed by atoms with Crippen LogP contribution in [0.25, 0.3) is 0 Å². The molecule has 0 unspecified atom stereocenters. The quantitative estimate of drug-likeness (QED) is 0.904. The highest BCUT2D eigenvalue weighted by Gasteiger charge is 2.25. The van der Waals surface area contributed by atoms with Crippen LogP contribution in [0.4, 0.5) is 14.5 Å². The van der Waals surface area contributed by atoms with Gasteiger partial charge >= 0.3 is 6.61 Å². The maximum Gasteiger partial charge on any atom is 0.387 e.